The second-order valence-corrected chi connectivity index (χ2v) is 8.31. The molecular weight excluding hydrogens is 325 g/mol. The van der Waals surface area contributed by atoms with Gasteiger partial charge in [0.1, 0.15) is 5.82 Å². The highest BCUT2D eigenvalue weighted by Gasteiger charge is 2.25. The Hall–Kier alpha value is -1.43. The summed E-state index contributed by atoms with van der Waals surface area (Å²) in [7, 11) is 1.00. The monoisotopic (exact) mass is 353 g/mol. The summed E-state index contributed by atoms with van der Waals surface area (Å²) in [4.78, 5) is 4.25. The molecule has 134 valence electrons. The Bertz CT molecular complexity index is 606. The topological polar surface area (TPSA) is 53.5 Å². The first-order chi connectivity index (χ1) is 11.5. The van der Waals surface area contributed by atoms with Crippen molar-refractivity contribution in [2.75, 3.05) is 12.8 Å². The normalized spacial score (nSPS) is 22.9. The van der Waals surface area contributed by atoms with Gasteiger partial charge in [0.25, 0.3) is 0 Å². The molecule has 1 aliphatic carbocycles. The van der Waals surface area contributed by atoms with Crippen molar-refractivity contribution >= 4 is 16.8 Å². The summed E-state index contributed by atoms with van der Waals surface area (Å²) in [6.07, 6.45) is 4.12. The van der Waals surface area contributed by atoms with Crippen molar-refractivity contribution in [2.45, 2.75) is 57.4 Å². The molecule has 1 aliphatic rings. The smallest absolute Gasteiger partial charge is 0.191 e. The lowest BCUT2D eigenvalue weighted by Crippen LogP contribution is -2.46. The summed E-state index contributed by atoms with van der Waals surface area (Å²) >= 11 is 0. The van der Waals surface area contributed by atoms with Crippen molar-refractivity contribution in [3.05, 3.63) is 35.1 Å². The lowest BCUT2D eigenvalue weighted by atomic mass is 9.95. The van der Waals surface area contributed by atoms with Crippen LogP contribution in [0, 0.1) is 12.7 Å². The van der Waals surface area contributed by atoms with Gasteiger partial charge in [0.15, 0.2) is 5.96 Å². The summed E-state index contributed by atoms with van der Waals surface area (Å²) in [5, 5.41) is 6.94. The zero-order chi connectivity index (χ0) is 17.5. The maximum absolute atomic E-state index is 13.6. The molecule has 0 saturated heterocycles. The molecule has 0 heterocycles. The molecule has 1 fully saturated rings. The Labute approximate surface area is 146 Å². The molecule has 0 amide bonds. The first kappa shape index (κ1) is 18.9. The summed E-state index contributed by atoms with van der Waals surface area (Å²) in [6.45, 7) is 4.26. The number of nitrogens with zero attached hydrogens (tertiary/aromatic N) is 1. The van der Waals surface area contributed by atoms with Crippen LogP contribution in [0.2, 0.25) is 0 Å². The van der Waals surface area contributed by atoms with Gasteiger partial charge in [0.05, 0.1) is 0 Å². The van der Waals surface area contributed by atoms with E-state index in [0.717, 1.165) is 37.0 Å². The van der Waals surface area contributed by atoms with E-state index in [4.69, 9.17) is 0 Å². The van der Waals surface area contributed by atoms with Crippen LogP contribution in [-0.2, 0) is 17.3 Å². The third-order valence-corrected chi connectivity index (χ3v) is 6.28. The van der Waals surface area contributed by atoms with Crippen LogP contribution in [0.15, 0.2) is 23.2 Å². The average molecular weight is 354 g/mol. The molecule has 6 heteroatoms. The SMILES string of the molecule is CCS(=O)C1CCCC(NC(=NC)NCc2ccc(C)c(F)c2)C1. The minimum atomic E-state index is -0.731. The number of halogens is 1. The van der Waals surface area contributed by atoms with Crippen molar-refractivity contribution in [1.29, 1.82) is 0 Å². The molecule has 24 heavy (non-hydrogen) atoms. The van der Waals surface area contributed by atoms with Crippen LogP contribution in [0.25, 0.3) is 0 Å². The zero-order valence-electron chi connectivity index (χ0n) is 14.8. The fourth-order valence-electron chi connectivity index (χ4n) is 3.07. The molecule has 1 aromatic carbocycles. The number of guanidine groups is 1. The van der Waals surface area contributed by atoms with Gasteiger partial charge in [0, 0.05) is 41.4 Å². The van der Waals surface area contributed by atoms with Crippen LogP contribution in [-0.4, -0.2) is 34.3 Å². The predicted octanol–water partition coefficient (Wildman–Crippen LogP) is 2.88. The highest BCUT2D eigenvalue weighted by molar-refractivity contribution is 7.85. The summed E-state index contributed by atoms with van der Waals surface area (Å²) in [5.74, 6) is 1.25. The maximum Gasteiger partial charge on any atom is 0.191 e. The van der Waals surface area contributed by atoms with Crippen molar-refractivity contribution in [2.24, 2.45) is 4.99 Å². The predicted molar refractivity (Wildman–Crippen MR) is 99.2 cm³/mol. The molecule has 0 aliphatic heterocycles. The highest BCUT2D eigenvalue weighted by atomic mass is 32.2. The first-order valence-electron chi connectivity index (χ1n) is 8.62. The van der Waals surface area contributed by atoms with E-state index in [1.807, 2.05) is 13.0 Å². The van der Waals surface area contributed by atoms with Gasteiger partial charge < -0.3 is 10.6 Å². The molecule has 0 bridgehead atoms. The minimum absolute atomic E-state index is 0.186. The molecule has 0 radical (unpaired) electrons. The minimum Gasteiger partial charge on any atom is -0.354 e. The number of nitrogens with one attached hydrogen (secondary N) is 2. The third-order valence-electron chi connectivity index (χ3n) is 4.54. The Balaban J connectivity index is 1.87. The summed E-state index contributed by atoms with van der Waals surface area (Å²) in [5.41, 5.74) is 1.54. The fourth-order valence-corrected chi connectivity index (χ4v) is 4.42. The number of aliphatic imine (C=N–C) groups is 1. The largest absolute Gasteiger partial charge is 0.354 e. The van der Waals surface area contributed by atoms with Crippen molar-refractivity contribution in [3.63, 3.8) is 0 Å². The first-order valence-corrected chi connectivity index (χ1v) is 10.0. The lowest BCUT2D eigenvalue weighted by molar-refractivity contribution is 0.413. The van der Waals surface area contributed by atoms with Gasteiger partial charge in [-0.3, -0.25) is 9.20 Å². The van der Waals surface area contributed by atoms with Crippen LogP contribution < -0.4 is 10.6 Å². The molecule has 2 rings (SSSR count). The number of hydrogen-bond donors (Lipinski definition) is 2. The second kappa shape index (κ2) is 9.16. The quantitative estimate of drug-likeness (QED) is 0.632. The molecule has 1 saturated carbocycles. The summed E-state index contributed by atoms with van der Waals surface area (Å²) < 4.78 is 25.6. The van der Waals surface area contributed by atoms with Gasteiger partial charge >= 0.3 is 0 Å². The number of hydrogen-bond acceptors (Lipinski definition) is 2. The van der Waals surface area contributed by atoms with E-state index >= 15 is 0 Å². The molecule has 0 spiro atoms. The molecule has 3 unspecified atom stereocenters. The van der Waals surface area contributed by atoms with E-state index < -0.39 is 10.8 Å². The standard InChI is InChI=1S/C18H28FN3OS/c1-4-24(23)16-7-5-6-15(11-16)22-18(20-3)21-12-14-9-8-13(2)17(19)10-14/h8-10,15-16H,4-7,11-12H2,1-3H3,(H2,20,21,22). The highest BCUT2D eigenvalue weighted by Crippen LogP contribution is 2.23. The van der Waals surface area contributed by atoms with E-state index in [2.05, 4.69) is 15.6 Å². The Kier molecular flexibility index (Phi) is 7.21. The second-order valence-electron chi connectivity index (χ2n) is 6.31. The van der Waals surface area contributed by atoms with E-state index in [0.29, 0.717) is 24.1 Å². The Morgan fingerprint density at radius 2 is 2.21 bits per heavy atom. The molecule has 4 nitrogen and oxygen atoms in total. The Morgan fingerprint density at radius 1 is 1.42 bits per heavy atom. The number of aryl methyl sites for hydroxylation is 1. The van der Waals surface area contributed by atoms with Crippen molar-refractivity contribution in [1.82, 2.24) is 10.6 Å². The fraction of sp³-hybridized carbons (Fsp3) is 0.611. The maximum atomic E-state index is 13.6. The molecule has 0 aromatic heterocycles. The molecular formula is C18H28FN3OS. The van der Waals surface area contributed by atoms with Crippen LogP contribution in [0.5, 0.6) is 0 Å². The van der Waals surface area contributed by atoms with Crippen LogP contribution in [0.1, 0.15) is 43.7 Å². The zero-order valence-corrected chi connectivity index (χ0v) is 15.6. The van der Waals surface area contributed by atoms with E-state index in [-0.39, 0.29) is 11.1 Å². The van der Waals surface area contributed by atoms with Crippen LogP contribution >= 0.6 is 0 Å². The molecule has 1 aromatic rings. The molecule has 2 N–H and O–H groups in total. The van der Waals surface area contributed by atoms with Gasteiger partial charge in [-0.2, -0.15) is 0 Å². The van der Waals surface area contributed by atoms with E-state index in [1.165, 1.54) is 0 Å². The van der Waals surface area contributed by atoms with Gasteiger partial charge in [-0.25, -0.2) is 4.39 Å². The van der Waals surface area contributed by atoms with Gasteiger partial charge in [-0.15, -0.1) is 0 Å². The summed E-state index contributed by atoms with van der Waals surface area (Å²) in [6, 6.07) is 5.55. The van der Waals surface area contributed by atoms with E-state index in [1.54, 1.807) is 26.1 Å². The van der Waals surface area contributed by atoms with Gasteiger partial charge in [-0.1, -0.05) is 25.5 Å². The molecule has 3 atom stereocenters. The van der Waals surface area contributed by atoms with Crippen molar-refractivity contribution in [3.8, 4) is 0 Å². The number of rotatable bonds is 5. The number of benzene rings is 1. The van der Waals surface area contributed by atoms with Crippen molar-refractivity contribution < 1.29 is 8.60 Å². The Morgan fingerprint density at radius 3 is 2.88 bits per heavy atom. The third kappa shape index (κ3) is 5.30. The van der Waals surface area contributed by atoms with Crippen LogP contribution in [0.3, 0.4) is 0 Å². The van der Waals surface area contributed by atoms with E-state index in [9.17, 15) is 8.60 Å². The lowest BCUT2D eigenvalue weighted by Gasteiger charge is -2.30. The van der Waals surface area contributed by atoms with Gasteiger partial charge in [-0.05, 0) is 43.4 Å². The van der Waals surface area contributed by atoms with Gasteiger partial charge in [0.2, 0.25) is 0 Å². The average Bonchev–Trinajstić information content (AvgIpc) is 2.61. The van der Waals surface area contributed by atoms with Crippen LogP contribution in [0.4, 0.5) is 4.39 Å².